The maximum Gasteiger partial charge on any atom is 0.127 e. The molecule has 2 atom stereocenters. The molecule has 4 heteroatoms. The molecule has 0 fully saturated rings. The fraction of sp³-hybridized carbons (Fsp3) is 0.538. The SMILES string of the molecule is CCc1cc2c(C(C)C(O)CC)ncnc2s1. The number of fused-ring (bicyclic) bond motifs is 1. The molecule has 2 unspecified atom stereocenters. The fourth-order valence-electron chi connectivity index (χ4n) is 2.00. The van der Waals surface area contributed by atoms with E-state index in [1.807, 2.05) is 13.8 Å². The van der Waals surface area contributed by atoms with Gasteiger partial charge in [0.1, 0.15) is 11.2 Å². The van der Waals surface area contributed by atoms with E-state index in [4.69, 9.17) is 0 Å². The van der Waals surface area contributed by atoms with E-state index in [0.717, 1.165) is 28.8 Å². The summed E-state index contributed by atoms with van der Waals surface area (Å²) in [4.78, 5) is 11.0. The van der Waals surface area contributed by atoms with Crippen molar-refractivity contribution >= 4 is 21.6 Å². The molecule has 0 bridgehead atoms. The molecular weight excluding hydrogens is 232 g/mol. The van der Waals surface area contributed by atoms with Crippen LogP contribution in [0, 0.1) is 0 Å². The summed E-state index contributed by atoms with van der Waals surface area (Å²) in [6.45, 7) is 6.16. The summed E-state index contributed by atoms with van der Waals surface area (Å²) in [5, 5.41) is 11.1. The van der Waals surface area contributed by atoms with E-state index >= 15 is 0 Å². The Bertz CT molecular complexity index is 509. The number of aliphatic hydroxyl groups excluding tert-OH is 1. The van der Waals surface area contributed by atoms with Crippen molar-refractivity contribution in [1.29, 1.82) is 0 Å². The third-order valence-electron chi connectivity index (χ3n) is 3.19. The van der Waals surface area contributed by atoms with Crippen LogP contribution in [0.2, 0.25) is 0 Å². The smallest absolute Gasteiger partial charge is 0.127 e. The molecular formula is C13H18N2OS. The predicted molar refractivity (Wildman–Crippen MR) is 71.5 cm³/mol. The van der Waals surface area contributed by atoms with Crippen molar-refractivity contribution in [3.63, 3.8) is 0 Å². The summed E-state index contributed by atoms with van der Waals surface area (Å²) in [5.74, 6) is 0.0600. The lowest BCUT2D eigenvalue weighted by Crippen LogP contribution is -2.15. The predicted octanol–water partition coefficient (Wildman–Crippen LogP) is 3.13. The van der Waals surface area contributed by atoms with Crippen molar-refractivity contribution in [2.75, 3.05) is 0 Å². The molecule has 0 spiro atoms. The lowest BCUT2D eigenvalue weighted by atomic mass is 9.97. The average molecular weight is 250 g/mol. The van der Waals surface area contributed by atoms with Crippen LogP contribution in [0.1, 0.15) is 43.7 Å². The van der Waals surface area contributed by atoms with E-state index in [0.29, 0.717) is 0 Å². The number of hydrogen-bond donors (Lipinski definition) is 1. The second-order valence-electron chi connectivity index (χ2n) is 4.31. The molecule has 17 heavy (non-hydrogen) atoms. The van der Waals surface area contributed by atoms with E-state index in [1.54, 1.807) is 17.7 Å². The minimum atomic E-state index is -0.335. The van der Waals surface area contributed by atoms with Crippen LogP contribution in [-0.4, -0.2) is 21.2 Å². The zero-order valence-corrected chi connectivity index (χ0v) is 11.3. The standard InChI is InChI=1S/C13H18N2OS/c1-4-9-6-10-12(8(3)11(16)5-2)14-7-15-13(10)17-9/h6-8,11,16H,4-5H2,1-3H3. The van der Waals surface area contributed by atoms with Crippen molar-refractivity contribution in [2.24, 2.45) is 0 Å². The fourth-order valence-corrected chi connectivity index (χ4v) is 2.94. The van der Waals surface area contributed by atoms with E-state index in [-0.39, 0.29) is 12.0 Å². The van der Waals surface area contributed by atoms with Crippen LogP contribution < -0.4 is 0 Å². The van der Waals surface area contributed by atoms with Crippen molar-refractivity contribution in [3.8, 4) is 0 Å². The number of thiophene rings is 1. The largest absolute Gasteiger partial charge is 0.392 e. The van der Waals surface area contributed by atoms with Gasteiger partial charge in [-0.2, -0.15) is 0 Å². The lowest BCUT2D eigenvalue weighted by Gasteiger charge is -2.16. The second-order valence-corrected chi connectivity index (χ2v) is 5.42. The minimum Gasteiger partial charge on any atom is -0.392 e. The highest BCUT2D eigenvalue weighted by Crippen LogP contribution is 2.31. The highest BCUT2D eigenvalue weighted by atomic mass is 32.1. The van der Waals surface area contributed by atoms with Gasteiger partial charge in [0.05, 0.1) is 11.8 Å². The van der Waals surface area contributed by atoms with E-state index in [1.165, 1.54) is 4.88 Å². The van der Waals surface area contributed by atoms with Gasteiger partial charge < -0.3 is 5.11 Å². The summed E-state index contributed by atoms with van der Waals surface area (Å²) in [5.41, 5.74) is 0.973. The van der Waals surface area contributed by atoms with Gasteiger partial charge in [0.15, 0.2) is 0 Å². The average Bonchev–Trinajstić information content (AvgIpc) is 2.79. The molecule has 1 N–H and O–H groups in total. The first kappa shape index (κ1) is 12.5. The van der Waals surface area contributed by atoms with Gasteiger partial charge >= 0.3 is 0 Å². The molecule has 0 aliphatic carbocycles. The van der Waals surface area contributed by atoms with Gasteiger partial charge in [0.25, 0.3) is 0 Å². The van der Waals surface area contributed by atoms with E-state index < -0.39 is 0 Å². The van der Waals surface area contributed by atoms with Crippen LogP contribution in [0.3, 0.4) is 0 Å². The van der Waals surface area contributed by atoms with Gasteiger partial charge in [0, 0.05) is 16.2 Å². The molecule has 0 saturated heterocycles. The Hall–Kier alpha value is -1.00. The van der Waals surface area contributed by atoms with Crippen molar-refractivity contribution < 1.29 is 5.11 Å². The Morgan fingerprint density at radius 3 is 2.76 bits per heavy atom. The molecule has 0 saturated carbocycles. The first-order valence-electron chi connectivity index (χ1n) is 6.08. The Morgan fingerprint density at radius 2 is 2.12 bits per heavy atom. The molecule has 0 aliphatic rings. The quantitative estimate of drug-likeness (QED) is 0.906. The summed E-state index contributed by atoms with van der Waals surface area (Å²) < 4.78 is 0. The maximum absolute atomic E-state index is 9.95. The monoisotopic (exact) mass is 250 g/mol. The summed E-state index contributed by atoms with van der Waals surface area (Å²) >= 11 is 1.72. The molecule has 0 radical (unpaired) electrons. The normalized spacial score (nSPS) is 15.1. The molecule has 2 aromatic rings. The van der Waals surface area contributed by atoms with Gasteiger partial charge in [-0.25, -0.2) is 9.97 Å². The third-order valence-corrected chi connectivity index (χ3v) is 4.37. The Morgan fingerprint density at radius 1 is 1.35 bits per heavy atom. The zero-order chi connectivity index (χ0) is 12.4. The summed E-state index contributed by atoms with van der Waals surface area (Å²) in [6, 6.07) is 2.16. The van der Waals surface area contributed by atoms with Gasteiger partial charge in [-0.3, -0.25) is 0 Å². The third kappa shape index (κ3) is 2.33. The van der Waals surface area contributed by atoms with Crippen LogP contribution in [-0.2, 0) is 6.42 Å². The highest BCUT2D eigenvalue weighted by Gasteiger charge is 2.19. The van der Waals surface area contributed by atoms with Crippen molar-refractivity contribution in [3.05, 3.63) is 23.0 Å². The van der Waals surface area contributed by atoms with E-state index in [2.05, 4.69) is 23.0 Å². The summed E-state index contributed by atoms with van der Waals surface area (Å²) in [6.07, 6.45) is 3.04. The lowest BCUT2D eigenvalue weighted by molar-refractivity contribution is 0.144. The number of aliphatic hydroxyl groups is 1. The van der Waals surface area contributed by atoms with Crippen LogP contribution in [0.4, 0.5) is 0 Å². The number of nitrogens with zero attached hydrogens (tertiary/aromatic N) is 2. The minimum absolute atomic E-state index is 0.0600. The zero-order valence-electron chi connectivity index (χ0n) is 10.5. The highest BCUT2D eigenvalue weighted by molar-refractivity contribution is 7.18. The van der Waals surface area contributed by atoms with Crippen molar-refractivity contribution in [1.82, 2.24) is 9.97 Å². The van der Waals surface area contributed by atoms with Crippen molar-refractivity contribution in [2.45, 2.75) is 45.6 Å². The molecule has 0 aromatic carbocycles. The second kappa shape index (κ2) is 5.10. The molecule has 2 heterocycles. The summed E-state index contributed by atoms with van der Waals surface area (Å²) in [7, 11) is 0. The van der Waals surface area contributed by atoms with Gasteiger partial charge in [0.2, 0.25) is 0 Å². The van der Waals surface area contributed by atoms with Crippen LogP contribution in [0.5, 0.6) is 0 Å². The molecule has 0 aliphatic heterocycles. The van der Waals surface area contributed by atoms with Crippen LogP contribution >= 0.6 is 11.3 Å². The van der Waals surface area contributed by atoms with Crippen LogP contribution in [0.25, 0.3) is 10.2 Å². The topological polar surface area (TPSA) is 46.0 Å². The van der Waals surface area contributed by atoms with E-state index in [9.17, 15) is 5.11 Å². The molecule has 2 rings (SSSR count). The number of aryl methyl sites for hydroxylation is 1. The first-order chi connectivity index (χ1) is 8.17. The molecule has 3 nitrogen and oxygen atoms in total. The van der Waals surface area contributed by atoms with Crippen LogP contribution in [0.15, 0.2) is 12.4 Å². The molecule has 0 amide bonds. The Labute approximate surface area is 106 Å². The Balaban J connectivity index is 2.49. The van der Waals surface area contributed by atoms with Gasteiger partial charge in [-0.05, 0) is 18.9 Å². The molecule has 2 aromatic heterocycles. The van der Waals surface area contributed by atoms with Gasteiger partial charge in [-0.1, -0.05) is 20.8 Å². The number of hydrogen-bond acceptors (Lipinski definition) is 4. The number of rotatable bonds is 4. The van der Waals surface area contributed by atoms with Gasteiger partial charge in [-0.15, -0.1) is 11.3 Å². The first-order valence-corrected chi connectivity index (χ1v) is 6.90. The Kier molecular flexibility index (Phi) is 3.74. The molecule has 92 valence electrons. The maximum atomic E-state index is 9.95. The number of aromatic nitrogens is 2.